The zero-order valence-corrected chi connectivity index (χ0v) is 9.27. The second kappa shape index (κ2) is 3.98. The van der Waals surface area contributed by atoms with E-state index < -0.39 is 0 Å². The van der Waals surface area contributed by atoms with Crippen molar-refractivity contribution in [2.45, 2.75) is 6.92 Å². The van der Waals surface area contributed by atoms with Gasteiger partial charge in [-0.15, -0.1) is 0 Å². The van der Waals surface area contributed by atoms with Crippen LogP contribution in [-0.4, -0.2) is 12.1 Å². The van der Waals surface area contributed by atoms with Gasteiger partial charge < -0.3 is 4.74 Å². The third kappa shape index (κ3) is 1.99. The monoisotopic (exact) mass is 223 g/mol. The van der Waals surface area contributed by atoms with Gasteiger partial charge in [0, 0.05) is 5.56 Å². The maximum atomic E-state index is 12.7. The summed E-state index contributed by atoms with van der Waals surface area (Å²) in [5, 5.41) is 1.65. The Hall–Kier alpha value is -1.42. The lowest BCUT2D eigenvalue weighted by atomic mass is 10.2. The van der Waals surface area contributed by atoms with Crippen LogP contribution in [0.1, 0.15) is 5.69 Å². The van der Waals surface area contributed by atoms with Crippen molar-refractivity contribution in [3.05, 3.63) is 35.8 Å². The standard InChI is InChI=1S/C11H10FNOS/c1-7-11(14-2)15-10(13-7)8-3-5-9(12)6-4-8/h3-6H,1-2H3. The van der Waals surface area contributed by atoms with Crippen molar-refractivity contribution in [2.24, 2.45) is 0 Å². The van der Waals surface area contributed by atoms with Gasteiger partial charge in [0.1, 0.15) is 10.8 Å². The Morgan fingerprint density at radius 1 is 1.27 bits per heavy atom. The Bertz CT molecular complexity index is 464. The van der Waals surface area contributed by atoms with E-state index in [0.29, 0.717) is 0 Å². The van der Waals surface area contributed by atoms with E-state index in [-0.39, 0.29) is 5.82 Å². The number of aryl methyl sites for hydroxylation is 1. The lowest BCUT2D eigenvalue weighted by molar-refractivity contribution is 0.423. The quantitative estimate of drug-likeness (QED) is 0.779. The second-order valence-corrected chi connectivity index (χ2v) is 4.06. The molecule has 4 heteroatoms. The van der Waals surface area contributed by atoms with Gasteiger partial charge in [0.25, 0.3) is 0 Å². The molecular weight excluding hydrogens is 213 g/mol. The van der Waals surface area contributed by atoms with Gasteiger partial charge in [-0.05, 0) is 31.2 Å². The molecule has 0 N–H and O–H groups in total. The molecule has 0 aliphatic heterocycles. The molecule has 0 aliphatic carbocycles. The number of benzene rings is 1. The molecule has 0 saturated heterocycles. The van der Waals surface area contributed by atoms with Crippen LogP contribution in [0.2, 0.25) is 0 Å². The van der Waals surface area contributed by atoms with E-state index in [1.54, 1.807) is 19.2 Å². The summed E-state index contributed by atoms with van der Waals surface area (Å²) in [4.78, 5) is 4.35. The van der Waals surface area contributed by atoms with E-state index in [4.69, 9.17) is 4.74 Å². The van der Waals surface area contributed by atoms with Gasteiger partial charge in [-0.1, -0.05) is 11.3 Å². The predicted octanol–water partition coefficient (Wildman–Crippen LogP) is 3.27. The molecule has 2 aromatic rings. The number of ether oxygens (including phenoxy) is 1. The van der Waals surface area contributed by atoms with E-state index in [2.05, 4.69) is 4.98 Å². The van der Waals surface area contributed by atoms with Crippen LogP contribution < -0.4 is 4.74 Å². The molecule has 1 aromatic carbocycles. The molecule has 0 aliphatic rings. The Morgan fingerprint density at radius 2 is 1.93 bits per heavy atom. The third-order valence-corrected chi connectivity index (χ3v) is 3.20. The summed E-state index contributed by atoms with van der Waals surface area (Å²) in [6, 6.07) is 6.29. The fraction of sp³-hybridized carbons (Fsp3) is 0.182. The smallest absolute Gasteiger partial charge is 0.197 e. The summed E-state index contributed by atoms with van der Waals surface area (Å²) in [6.45, 7) is 1.89. The molecule has 0 fully saturated rings. The maximum absolute atomic E-state index is 12.7. The predicted molar refractivity (Wildman–Crippen MR) is 58.8 cm³/mol. The number of hydrogen-bond acceptors (Lipinski definition) is 3. The van der Waals surface area contributed by atoms with Crippen molar-refractivity contribution in [1.82, 2.24) is 4.98 Å². The average Bonchev–Trinajstić information content (AvgIpc) is 2.61. The Morgan fingerprint density at radius 3 is 2.47 bits per heavy atom. The van der Waals surface area contributed by atoms with Crippen molar-refractivity contribution in [3.8, 4) is 15.6 Å². The Kier molecular flexibility index (Phi) is 2.68. The number of halogens is 1. The van der Waals surface area contributed by atoms with E-state index >= 15 is 0 Å². The van der Waals surface area contributed by atoms with Gasteiger partial charge >= 0.3 is 0 Å². The van der Waals surface area contributed by atoms with Gasteiger partial charge in [-0.3, -0.25) is 0 Å². The summed E-state index contributed by atoms with van der Waals surface area (Å²) in [5.74, 6) is -0.237. The highest BCUT2D eigenvalue weighted by Crippen LogP contribution is 2.33. The zero-order valence-electron chi connectivity index (χ0n) is 8.45. The van der Waals surface area contributed by atoms with E-state index in [0.717, 1.165) is 21.3 Å². The largest absolute Gasteiger partial charge is 0.486 e. The van der Waals surface area contributed by atoms with Crippen molar-refractivity contribution in [2.75, 3.05) is 7.11 Å². The number of aromatic nitrogens is 1. The first-order valence-electron chi connectivity index (χ1n) is 4.48. The first-order valence-corrected chi connectivity index (χ1v) is 5.29. The van der Waals surface area contributed by atoms with Crippen molar-refractivity contribution in [1.29, 1.82) is 0 Å². The summed E-state index contributed by atoms with van der Waals surface area (Å²) in [6.07, 6.45) is 0. The summed E-state index contributed by atoms with van der Waals surface area (Å²) < 4.78 is 17.9. The highest BCUT2D eigenvalue weighted by molar-refractivity contribution is 7.17. The first-order chi connectivity index (χ1) is 7.20. The molecule has 2 rings (SSSR count). The molecule has 0 radical (unpaired) electrons. The zero-order chi connectivity index (χ0) is 10.8. The highest BCUT2D eigenvalue weighted by atomic mass is 32.1. The van der Waals surface area contributed by atoms with Crippen LogP contribution in [0.3, 0.4) is 0 Å². The van der Waals surface area contributed by atoms with Crippen LogP contribution in [0.5, 0.6) is 5.06 Å². The van der Waals surface area contributed by atoms with E-state index in [9.17, 15) is 4.39 Å². The molecule has 2 nitrogen and oxygen atoms in total. The van der Waals surface area contributed by atoms with Gasteiger partial charge in [0.2, 0.25) is 0 Å². The minimum absolute atomic E-state index is 0.237. The molecule has 15 heavy (non-hydrogen) atoms. The van der Waals surface area contributed by atoms with Crippen LogP contribution in [0.4, 0.5) is 4.39 Å². The summed E-state index contributed by atoms with van der Waals surface area (Å²) >= 11 is 1.46. The van der Waals surface area contributed by atoms with Gasteiger partial charge in [0.15, 0.2) is 5.06 Å². The average molecular weight is 223 g/mol. The van der Waals surface area contributed by atoms with Crippen LogP contribution >= 0.6 is 11.3 Å². The number of nitrogens with zero attached hydrogens (tertiary/aromatic N) is 1. The van der Waals surface area contributed by atoms with Crippen LogP contribution in [0.15, 0.2) is 24.3 Å². The fourth-order valence-corrected chi connectivity index (χ4v) is 2.18. The molecule has 0 bridgehead atoms. The third-order valence-electron chi connectivity index (χ3n) is 2.03. The molecule has 0 atom stereocenters. The maximum Gasteiger partial charge on any atom is 0.197 e. The molecule has 0 spiro atoms. The van der Waals surface area contributed by atoms with Crippen molar-refractivity contribution >= 4 is 11.3 Å². The number of hydrogen-bond donors (Lipinski definition) is 0. The van der Waals surface area contributed by atoms with E-state index in [1.165, 1.54) is 23.5 Å². The molecule has 0 amide bonds. The second-order valence-electron chi connectivity index (χ2n) is 3.10. The topological polar surface area (TPSA) is 22.1 Å². The Balaban J connectivity index is 2.41. The minimum atomic E-state index is -0.237. The molecule has 1 aromatic heterocycles. The number of rotatable bonds is 2. The summed E-state index contributed by atoms with van der Waals surface area (Å²) in [5.41, 5.74) is 1.77. The van der Waals surface area contributed by atoms with Crippen LogP contribution in [0.25, 0.3) is 10.6 Å². The molecule has 0 saturated carbocycles. The highest BCUT2D eigenvalue weighted by Gasteiger charge is 2.09. The number of thiazole rings is 1. The summed E-state index contributed by atoms with van der Waals surface area (Å²) in [7, 11) is 1.62. The molecule has 0 unspecified atom stereocenters. The van der Waals surface area contributed by atoms with Crippen molar-refractivity contribution < 1.29 is 9.13 Å². The first kappa shape index (κ1) is 10.1. The van der Waals surface area contributed by atoms with Gasteiger partial charge in [-0.25, -0.2) is 9.37 Å². The lowest BCUT2D eigenvalue weighted by Gasteiger charge is -1.94. The molecular formula is C11H10FNOS. The Labute approximate surface area is 91.4 Å². The fourth-order valence-electron chi connectivity index (χ4n) is 1.29. The lowest BCUT2D eigenvalue weighted by Crippen LogP contribution is -1.80. The number of methoxy groups -OCH3 is 1. The van der Waals surface area contributed by atoms with Gasteiger partial charge in [-0.2, -0.15) is 0 Å². The van der Waals surface area contributed by atoms with Crippen LogP contribution in [-0.2, 0) is 0 Å². The van der Waals surface area contributed by atoms with Crippen molar-refractivity contribution in [3.63, 3.8) is 0 Å². The minimum Gasteiger partial charge on any atom is -0.486 e. The molecule has 78 valence electrons. The van der Waals surface area contributed by atoms with E-state index in [1.807, 2.05) is 6.92 Å². The van der Waals surface area contributed by atoms with Crippen LogP contribution in [0, 0.1) is 12.7 Å². The molecule has 1 heterocycles. The van der Waals surface area contributed by atoms with Gasteiger partial charge in [0.05, 0.1) is 12.8 Å². The SMILES string of the molecule is COc1sc(-c2ccc(F)cc2)nc1C. The normalized spacial score (nSPS) is 10.3.